The van der Waals surface area contributed by atoms with Crippen LogP contribution in [0.5, 0.6) is 0 Å². The normalized spacial score (nSPS) is 11.7. The van der Waals surface area contributed by atoms with Gasteiger partial charge in [-0.25, -0.2) is 4.98 Å². The lowest BCUT2D eigenvalue weighted by Gasteiger charge is -2.20. The van der Waals surface area contributed by atoms with Crippen molar-refractivity contribution in [1.29, 1.82) is 0 Å². The van der Waals surface area contributed by atoms with Crippen molar-refractivity contribution in [2.45, 2.75) is 20.3 Å². The summed E-state index contributed by atoms with van der Waals surface area (Å²) in [6.45, 7) is 5.67. The van der Waals surface area contributed by atoms with E-state index in [2.05, 4.69) is 30.9 Å². The summed E-state index contributed by atoms with van der Waals surface area (Å²) >= 11 is 9.65. The second-order valence-corrected chi connectivity index (χ2v) is 10.1. The number of aromatic nitrogens is 1. The molecule has 1 amide bonds. The van der Waals surface area contributed by atoms with Crippen molar-refractivity contribution in [2.75, 3.05) is 32.1 Å². The van der Waals surface area contributed by atoms with Crippen LogP contribution >= 0.6 is 34.3 Å². The molecule has 0 saturated carbocycles. The predicted octanol–water partition coefficient (Wildman–Crippen LogP) is 6.38. The molecule has 7 heteroatoms. The third kappa shape index (κ3) is 3.97. The van der Waals surface area contributed by atoms with Crippen molar-refractivity contribution >= 4 is 65.6 Å². The van der Waals surface area contributed by atoms with Gasteiger partial charge in [0.25, 0.3) is 5.91 Å². The topological polar surface area (TPSA) is 36.4 Å². The number of carbonyl (C=O) groups is 1. The molecule has 2 heterocycles. The Morgan fingerprint density at radius 1 is 1.03 bits per heavy atom. The van der Waals surface area contributed by atoms with Gasteiger partial charge in [-0.15, -0.1) is 11.3 Å². The second kappa shape index (κ2) is 8.63. The largest absolute Gasteiger partial charge is 0.309 e. The van der Waals surface area contributed by atoms with Gasteiger partial charge in [0.2, 0.25) is 0 Å². The highest BCUT2D eigenvalue weighted by Gasteiger charge is 2.26. The van der Waals surface area contributed by atoms with Crippen LogP contribution in [-0.2, 0) is 0 Å². The fraction of sp³-hybridized carbons (Fsp3) is 0.304. The quantitative estimate of drug-likeness (QED) is 0.337. The third-order valence-corrected chi connectivity index (χ3v) is 7.97. The summed E-state index contributed by atoms with van der Waals surface area (Å²) in [5.74, 6) is -0.0756. The molecule has 0 aliphatic rings. The highest BCUT2D eigenvalue weighted by Crippen LogP contribution is 2.38. The summed E-state index contributed by atoms with van der Waals surface area (Å²) in [7, 11) is 4.08. The average molecular weight is 458 g/mol. The van der Waals surface area contributed by atoms with E-state index in [9.17, 15) is 4.79 Å². The molecule has 4 rings (SSSR count). The number of rotatable bonds is 6. The fourth-order valence-corrected chi connectivity index (χ4v) is 5.94. The number of nitrogens with zero attached hydrogens (tertiary/aromatic N) is 3. The molecule has 2 aromatic carbocycles. The number of aryl methyl sites for hydroxylation is 2. The number of hydrogen-bond acceptors (Lipinski definition) is 5. The molecule has 4 aromatic rings. The fourth-order valence-electron chi connectivity index (χ4n) is 3.43. The van der Waals surface area contributed by atoms with Crippen LogP contribution in [0.2, 0.25) is 5.02 Å². The zero-order valence-electron chi connectivity index (χ0n) is 17.5. The Balaban J connectivity index is 1.76. The van der Waals surface area contributed by atoms with E-state index in [4.69, 9.17) is 16.6 Å². The number of halogens is 1. The molecule has 30 heavy (non-hydrogen) atoms. The van der Waals surface area contributed by atoms with E-state index in [1.165, 1.54) is 16.9 Å². The maximum Gasteiger partial charge on any atom is 0.271 e. The lowest BCUT2D eigenvalue weighted by molar-refractivity contribution is 0.0990. The molecule has 0 bridgehead atoms. The van der Waals surface area contributed by atoms with Crippen LogP contribution in [-0.4, -0.2) is 43.0 Å². The van der Waals surface area contributed by atoms with E-state index < -0.39 is 0 Å². The van der Waals surface area contributed by atoms with E-state index >= 15 is 0 Å². The molecule has 156 valence electrons. The van der Waals surface area contributed by atoms with Gasteiger partial charge in [0.15, 0.2) is 5.13 Å². The first kappa shape index (κ1) is 21.2. The van der Waals surface area contributed by atoms with Crippen LogP contribution in [0.25, 0.3) is 20.3 Å². The number of amides is 1. The van der Waals surface area contributed by atoms with E-state index in [1.54, 1.807) is 16.2 Å². The Labute approximate surface area is 189 Å². The molecule has 0 fully saturated rings. The van der Waals surface area contributed by atoms with Crippen LogP contribution < -0.4 is 4.90 Å². The lowest BCUT2D eigenvalue weighted by Crippen LogP contribution is -2.33. The van der Waals surface area contributed by atoms with Crippen molar-refractivity contribution in [3.8, 4) is 0 Å². The molecule has 0 N–H and O–H groups in total. The molecule has 0 atom stereocenters. The van der Waals surface area contributed by atoms with Crippen LogP contribution in [0.4, 0.5) is 5.13 Å². The molecule has 0 saturated heterocycles. The number of carbonyl (C=O) groups excluding carboxylic acids is 1. The number of hydrogen-bond donors (Lipinski definition) is 0. The molecular formula is C23H24ClN3OS2. The molecule has 0 aliphatic carbocycles. The number of anilines is 1. The van der Waals surface area contributed by atoms with Gasteiger partial charge >= 0.3 is 0 Å². The monoisotopic (exact) mass is 457 g/mol. The van der Waals surface area contributed by atoms with Crippen molar-refractivity contribution in [2.24, 2.45) is 0 Å². The highest BCUT2D eigenvalue weighted by atomic mass is 35.5. The number of benzene rings is 2. The standard InChI is InChI=1S/C23H24ClN3OS2/c1-14-10-11-18-20(15(14)2)25-23(30-18)27(13-7-12-26(3)4)22(28)21-19(24)16-8-5-6-9-17(16)29-21/h5-6,8-11H,7,12-13H2,1-4H3. The Morgan fingerprint density at radius 3 is 2.53 bits per heavy atom. The second-order valence-electron chi connectivity index (χ2n) is 7.71. The van der Waals surface area contributed by atoms with E-state index in [1.807, 2.05) is 38.4 Å². The van der Waals surface area contributed by atoms with Crippen LogP contribution in [0, 0.1) is 13.8 Å². The van der Waals surface area contributed by atoms with Crippen LogP contribution in [0.1, 0.15) is 27.2 Å². The average Bonchev–Trinajstić information content (AvgIpc) is 3.30. The van der Waals surface area contributed by atoms with Gasteiger partial charge in [-0.1, -0.05) is 47.2 Å². The summed E-state index contributed by atoms with van der Waals surface area (Å²) in [5.41, 5.74) is 3.34. The Hall–Kier alpha value is -1.99. The zero-order chi connectivity index (χ0) is 21.4. The SMILES string of the molecule is Cc1ccc2sc(N(CCCN(C)C)C(=O)c3sc4ccccc4c3Cl)nc2c1C. The summed E-state index contributed by atoms with van der Waals surface area (Å²) in [6, 6.07) is 12.1. The maximum atomic E-state index is 13.6. The highest BCUT2D eigenvalue weighted by molar-refractivity contribution is 7.23. The number of thiophene rings is 1. The van der Waals surface area contributed by atoms with Gasteiger partial charge < -0.3 is 4.90 Å². The molecule has 0 radical (unpaired) electrons. The zero-order valence-corrected chi connectivity index (χ0v) is 19.9. The number of fused-ring (bicyclic) bond motifs is 2. The minimum atomic E-state index is -0.0756. The third-order valence-electron chi connectivity index (χ3n) is 5.27. The summed E-state index contributed by atoms with van der Waals surface area (Å²) in [5, 5.41) is 2.19. The molecule has 0 spiro atoms. The van der Waals surface area contributed by atoms with E-state index in [-0.39, 0.29) is 5.91 Å². The van der Waals surface area contributed by atoms with E-state index in [0.717, 1.165) is 44.0 Å². The predicted molar refractivity (Wildman–Crippen MR) is 131 cm³/mol. The van der Waals surface area contributed by atoms with E-state index in [0.29, 0.717) is 16.4 Å². The summed E-state index contributed by atoms with van der Waals surface area (Å²) in [6.07, 6.45) is 0.856. The van der Waals surface area contributed by atoms with Gasteiger partial charge in [0.1, 0.15) is 4.88 Å². The molecule has 2 aromatic heterocycles. The molecular weight excluding hydrogens is 434 g/mol. The van der Waals surface area contributed by atoms with Gasteiger partial charge in [-0.05, 0) is 64.2 Å². The van der Waals surface area contributed by atoms with Gasteiger partial charge in [0, 0.05) is 16.6 Å². The first-order valence-corrected chi connectivity index (χ1v) is 11.9. The minimum absolute atomic E-state index is 0.0756. The maximum absolute atomic E-state index is 13.6. The van der Waals surface area contributed by atoms with Crippen molar-refractivity contribution in [1.82, 2.24) is 9.88 Å². The minimum Gasteiger partial charge on any atom is -0.309 e. The summed E-state index contributed by atoms with van der Waals surface area (Å²) in [4.78, 5) is 23.0. The Kier molecular flexibility index (Phi) is 6.11. The van der Waals surface area contributed by atoms with Crippen molar-refractivity contribution in [3.05, 3.63) is 57.4 Å². The van der Waals surface area contributed by atoms with Crippen LogP contribution in [0.15, 0.2) is 36.4 Å². The Morgan fingerprint density at radius 2 is 1.80 bits per heavy atom. The van der Waals surface area contributed by atoms with Crippen molar-refractivity contribution in [3.63, 3.8) is 0 Å². The Bertz CT molecular complexity index is 1230. The van der Waals surface area contributed by atoms with Gasteiger partial charge in [-0.3, -0.25) is 9.69 Å². The first-order valence-electron chi connectivity index (χ1n) is 9.87. The molecule has 0 aliphatic heterocycles. The first-order chi connectivity index (χ1) is 14.4. The summed E-state index contributed by atoms with van der Waals surface area (Å²) < 4.78 is 2.12. The molecule has 0 unspecified atom stereocenters. The molecule has 4 nitrogen and oxygen atoms in total. The lowest BCUT2D eigenvalue weighted by atomic mass is 10.1. The smallest absolute Gasteiger partial charge is 0.271 e. The van der Waals surface area contributed by atoms with Gasteiger partial charge in [-0.2, -0.15) is 0 Å². The number of thiazole rings is 1. The van der Waals surface area contributed by atoms with Gasteiger partial charge in [0.05, 0.1) is 15.2 Å². The van der Waals surface area contributed by atoms with Crippen molar-refractivity contribution < 1.29 is 4.79 Å². The van der Waals surface area contributed by atoms with Crippen LogP contribution in [0.3, 0.4) is 0 Å².